The van der Waals surface area contributed by atoms with Gasteiger partial charge in [0.1, 0.15) is 6.10 Å². The number of hydrogen-bond donors (Lipinski definition) is 0. The molecule has 0 aromatic rings. The van der Waals surface area contributed by atoms with E-state index in [0.717, 1.165) is 44.4 Å². The summed E-state index contributed by atoms with van der Waals surface area (Å²) in [7, 11) is 0. The van der Waals surface area contributed by atoms with Crippen molar-refractivity contribution in [1.29, 1.82) is 0 Å². The summed E-state index contributed by atoms with van der Waals surface area (Å²) in [6, 6.07) is 0. The minimum absolute atomic E-state index is 0.136. The molecule has 0 unspecified atom stereocenters. The van der Waals surface area contributed by atoms with E-state index < -0.39 is 5.79 Å². The van der Waals surface area contributed by atoms with Crippen LogP contribution in [0.1, 0.15) is 123 Å². The average Bonchev–Trinajstić information content (AvgIpc) is 2.84. The maximum absolute atomic E-state index is 12.1. The van der Waals surface area contributed by atoms with E-state index in [1.807, 2.05) is 6.92 Å². The number of carbonyl (C=O) groups excluding carboxylic acids is 1. The molecule has 0 bridgehead atoms. The summed E-state index contributed by atoms with van der Waals surface area (Å²) >= 11 is 0. The van der Waals surface area contributed by atoms with Gasteiger partial charge in [0.05, 0.1) is 18.9 Å². The molecular formula is C28H49NO4. The van der Waals surface area contributed by atoms with Crippen LogP contribution in [-0.4, -0.2) is 43.3 Å². The monoisotopic (exact) mass is 463 g/mol. The molecule has 2 rings (SSSR count). The van der Waals surface area contributed by atoms with Crippen molar-refractivity contribution in [2.45, 2.75) is 135 Å². The van der Waals surface area contributed by atoms with Crippen molar-refractivity contribution in [1.82, 2.24) is 0 Å². The highest BCUT2D eigenvalue weighted by atomic mass is 16.7. The molecule has 0 atom stereocenters. The van der Waals surface area contributed by atoms with Gasteiger partial charge in [0.2, 0.25) is 5.79 Å². The van der Waals surface area contributed by atoms with Crippen LogP contribution in [0.4, 0.5) is 0 Å². The lowest BCUT2D eigenvalue weighted by molar-refractivity contribution is -0.250. The number of ether oxygens (including phenoxy) is 3. The van der Waals surface area contributed by atoms with Crippen LogP contribution in [0.15, 0.2) is 17.1 Å². The molecule has 2 heterocycles. The van der Waals surface area contributed by atoms with Crippen molar-refractivity contribution in [3.05, 3.63) is 12.2 Å². The second-order valence-electron chi connectivity index (χ2n) is 9.80. The standard InChI is InChI=1S/C28H49NO4/c1-3-4-5-6-7-8-9-10-11-12-13-14-15-16-17-21-27(30)33-25-23-31-28(2,32-24-25)26-20-18-19-22-29-26/h10-11,25H,3-9,12-24H2,1-2H3/b11-10-. The third kappa shape index (κ3) is 12.2. The summed E-state index contributed by atoms with van der Waals surface area (Å²) < 4.78 is 17.4. The Morgan fingerprint density at radius 3 is 2.15 bits per heavy atom. The molecule has 190 valence electrons. The van der Waals surface area contributed by atoms with Gasteiger partial charge in [-0.2, -0.15) is 0 Å². The molecule has 0 radical (unpaired) electrons. The predicted molar refractivity (Wildman–Crippen MR) is 136 cm³/mol. The number of aliphatic imine (C=N–C) groups is 1. The molecule has 2 aliphatic rings. The zero-order valence-corrected chi connectivity index (χ0v) is 21.5. The van der Waals surface area contributed by atoms with Crippen LogP contribution in [0, 0.1) is 0 Å². The van der Waals surface area contributed by atoms with Crippen molar-refractivity contribution in [2.24, 2.45) is 4.99 Å². The number of allylic oxidation sites excluding steroid dienone is 2. The summed E-state index contributed by atoms with van der Waals surface area (Å²) in [6.45, 7) is 5.82. The van der Waals surface area contributed by atoms with E-state index in [1.165, 1.54) is 70.6 Å². The molecule has 1 saturated heterocycles. The first-order valence-electron chi connectivity index (χ1n) is 13.8. The van der Waals surface area contributed by atoms with E-state index in [2.05, 4.69) is 24.1 Å². The van der Waals surface area contributed by atoms with Crippen molar-refractivity contribution < 1.29 is 19.0 Å². The van der Waals surface area contributed by atoms with E-state index in [9.17, 15) is 4.79 Å². The second-order valence-corrected chi connectivity index (χ2v) is 9.80. The summed E-state index contributed by atoms with van der Waals surface area (Å²) in [5.41, 5.74) is 0.992. The molecular weight excluding hydrogens is 414 g/mol. The van der Waals surface area contributed by atoms with E-state index in [4.69, 9.17) is 14.2 Å². The molecule has 0 aromatic carbocycles. The number of unbranched alkanes of at least 4 members (excludes halogenated alkanes) is 11. The van der Waals surface area contributed by atoms with Gasteiger partial charge in [0.25, 0.3) is 0 Å². The van der Waals surface area contributed by atoms with E-state index in [1.54, 1.807) is 0 Å². The van der Waals surface area contributed by atoms with Crippen LogP contribution < -0.4 is 0 Å². The van der Waals surface area contributed by atoms with Gasteiger partial charge >= 0.3 is 5.97 Å². The van der Waals surface area contributed by atoms with Crippen LogP contribution in [0.5, 0.6) is 0 Å². The molecule has 5 heteroatoms. The Hall–Kier alpha value is -1.20. The lowest BCUT2D eigenvalue weighted by atomic mass is 10.0. The van der Waals surface area contributed by atoms with Crippen LogP contribution in [0.2, 0.25) is 0 Å². The molecule has 0 N–H and O–H groups in total. The second kappa shape index (κ2) is 17.3. The smallest absolute Gasteiger partial charge is 0.306 e. The summed E-state index contributed by atoms with van der Waals surface area (Å²) in [5, 5.41) is 0. The van der Waals surface area contributed by atoms with Crippen molar-refractivity contribution in [2.75, 3.05) is 19.8 Å². The van der Waals surface area contributed by atoms with Crippen molar-refractivity contribution in [3.63, 3.8) is 0 Å². The lowest BCUT2D eigenvalue weighted by Gasteiger charge is -2.38. The Morgan fingerprint density at radius 1 is 0.939 bits per heavy atom. The van der Waals surface area contributed by atoms with Crippen LogP contribution in [0.25, 0.3) is 0 Å². The third-order valence-corrected chi connectivity index (χ3v) is 6.68. The molecule has 33 heavy (non-hydrogen) atoms. The summed E-state index contributed by atoms with van der Waals surface area (Å²) in [5.74, 6) is -0.879. The maximum Gasteiger partial charge on any atom is 0.306 e. The third-order valence-electron chi connectivity index (χ3n) is 6.68. The highest BCUT2D eigenvalue weighted by Gasteiger charge is 2.39. The minimum atomic E-state index is -0.743. The quantitative estimate of drug-likeness (QED) is 0.129. The molecule has 0 amide bonds. The summed E-state index contributed by atoms with van der Waals surface area (Å²) in [4.78, 5) is 16.7. The van der Waals surface area contributed by atoms with Gasteiger partial charge in [-0.3, -0.25) is 9.79 Å². The Labute approximate surface area is 202 Å². The predicted octanol–water partition coefficient (Wildman–Crippen LogP) is 7.32. The number of carbonyl (C=O) groups is 1. The van der Waals surface area contributed by atoms with E-state index in [0.29, 0.717) is 19.6 Å². The van der Waals surface area contributed by atoms with E-state index >= 15 is 0 Å². The number of hydrogen-bond acceptors (Lipinski definition) is 5. The Bertz CT molecular complexity index is 578. The highest BCUT2D eigenvalue weighted by Crippen LogP contribution is 2.26. The molecule has 2 aliphatic heterocycles. The largest absolute Gasteiger partial charge is 0.457 e. The summed E-state index contributed by atoms with van der Waals surface area (Å²) in [6.07, 6.45) is 24.4. The Balaban J connectivity index is 1.40. The van der Waals surface area contributed by atoms with Gasteiger partial charge < -0.3 is 14.2 Å². The first-order valence-corrected chi connectivity index (χ1v) is 13.8. The first kappa shape index (κ1) is 28.0. The van der Waals surface area contributed by atoms with Gasteiger partial charge in [0.15, 0.2) is 0 Å². The van der Waals surface area contributed by atoms with E-state index in [-0.39, 0.29) is 12.1 Å². The molecule has 0 spiro atoms. The van der Waals surface area contributed by atoms with Gasteiger partial charge in [-0.05, 0) is 58.3 Å². The fraction of sp³-hybridized carbons (Fsp3) is 0.857. The normalized spacial score (nSPS) is 23.6. The fourth-order valence-electron chi connectivity index (χ4n) is 4.48. The van der Waals surface area contributed by atoms with Gasteiger partial charge in [-0.25, -0.2) is 0 Å². The van der Waals surface area contributed by atoms with Gasteiger partial charge in [0, 0.05) is 13.0 Å². The van der Waals surface area contributed by atoms with Gasteiger partial charge in [-0.1, -0.05) is 70.4 Å². The zero-order chi connectivity index (χ0) is 23.6. The Kier molecular flexibility index (Phi) is 14.7. The maximum atomic E-state index is 12.1. The van der Waals surface area contributed by atoms with Gasteiger partial charge in [-0.15, -0.1) is 0 Å². The average molecular weight is 464 g/mol. The number of nitrogens with zero attached hydrogens (tertiary/aromatic N) is 1. The van der Waals surface area contributed by atoms with Crippen LogP contribution >= 0.6 is 0 Å². The molecule has 0 saturated carbocycles. The highest BCUT2D eigenvalue weighted by molar-refractivity contribution is 5.91. The lowest BCUT2D eigenvalue weighted by Crippen LogP contribution is -2.51. The molecule has 0 aromatic heterocycles. The molecule has 0 aliphatic carbocycles. The minimum Gasteiger partial charge on any atom is -0.457 e. The topological polar surface area (TPSA) is 57.1 Å². The SMILES string of the molecule is CCCCCCCC/C=C\CCCCCCCC(=O)OC1COC(C)(C2=NCCCC2)OC1. The fourth-order valence-corrected chi connectivity index (χ4v) is 4.48. The number of esters is 1. The molecule has 1 fully saturated rings. The zero-order valence-electron chi connectivity index (χ0n) is 21.5. The first-order chi connectivity index (χ1) is 16.1. The Morgan fingerprint density at radius 2 is 1.55 bits per heavy atom. The van der Waals surface area contributed by atoms with Crippen molar-refractivity contribution >= 4 is 11.7 Å². The van der Waals surface area contributed by atoms with Crippen LogP contribution in [-0.2, 0) is 19.0 Å². The number of rotatable bonds is 17. The molecule has 5 nitrogen and oxygen atoms in total. The van der Waals surface area contributed by atoms with Crippen molar-refractivity contribution in [3.8, 4) is 0 Å². The van der Waals surface area contributed by atoms with Crippen LogP contribution in [0.3, 0.4) is 0 Å².